The van der Waals surface area contributed by atoms with E-state index < -0.39 is 11.4 Å². The topological polar surface area (TPSA) is 66.9 Å². The summed E-state index contributed by atoms with van der Waals surface area (Å²) in [6.07, 6.45) is 4.48. The van der Waals surface area contributed by atoms with Crippen molar-refractivity contribution < 1.29 is 8.81 Å². The SMILES string of the molecule is CCN1CCCN(c2ccc3cc(-c4cn5cc(C)cc(F)c5n4)c(=O)oc3n2)CC1. The number of imidazole rings is 1. The van der Waals surface area contributed by atoms with E-state index in [1.165, 1.54) is 6.07 Å². The molecule has 5 rings (SSSR count). The van der Waals surface area contributed by atoms with Crippen molar-refractivity contribution in [1.82, 2.24) is 19.3 Å². The smallest absolute Gasteiger partial charge is 0.347 e. The first-order valence-electron chi connectivity index (χ1n) is 10.6. The number of fused-ring (bicyclic) bond motifs is 2. The first kappa shape index (κ1) is 19.7. The van der Waals surface area contributed by atoms with Gasteiger partial charge < -0.3 is 18.6 Å². The fourth-order valence-electron chi connectivity index (χ4n) is 4.18. The number of aromatic nitrogens is 3. The number of hydrogen-bond donors (Lipinski definition) is 0. The standard InChI is InChI=1S/C23H24FN5O2/c1-3-27-7-4-8-28(10-9-27)20-6-5-16-12-17(23(30)31-22(16)26-20)19-14-29-13-15(2)11-18(24)21(29)25-19/h5-6,11-14H,3-4,7-10H2,1-2H3. The lowest BCUT2D eigenvalue weighted by atomic mass is 10.2. The van der Waals surface area contributed by atoms with E-state index in [2.05, 4.69) is 26.7 Å². The zero-order chi connectivity index (χ0) is 21.5. The fraction of sp³-hybridized carbons (Fsp3) is 0.348. The maximum Gasteiger partial charge on any atom is 0.347 e. The molecule has 8 heteroatoms. The molecule has 0 amide bonds. The van der Waals surface area contributed by atoms with Crippen LogP contribution in [0.3, 0.4) is 0 Å². The molecule has 0 aliphatic carbocycles. The van der Waals surface area contributed by atoms with E-state index in [-0.39, 0.29) is 11.2 Å². The summed E-state index contributed by atoms with van der Waals surface area (Å²) in [5.41, 5.74) is 1.37. The predicted octanol–water partition coefficient (Wildman–Crippen LogP) is 3.48. The third-order valence-electron chi connectivity index (χ3n) is 5.86. The Labute approximate surface area is 178 Å². The van der Waals surface area contributed by atoms with Crippen LogP contribution in [0.15, 0.2) is 45.9 Å². The van der Waals surface area contributed by atoms with Crippen LogP contribution in [-0.4, -0.2) is 52.0 Å². The second-order valence-corrected chi connectivity index (χ2v) is 8.01. The van der Waals surface area contributed by atoms with Gasteiger partial charge in [-0.05, 0) is 56.3 Å². The molecule has 1 saturated heterocycles. The van der Waals surface area contributed by atoms with Gasteiger partial charge in [-0.3, -0.25) is 0 Å². The van der Waals surface area contributed by atoms with Crippen LogP contribution >= 0.6 is 0 Å². The molecule has 1 fully saturated rings. The quantitative estimate of drug-likeness (QED) is 0.505. The second-order valence-electron chi connectivity index (χ2n) is 8.01. The molecule has 0 bridgehead atoms. The van der Waals surface area contributed by atoms with Crippen LogP contribution in [-0.2, 0) is 0 Å². The molecule has 0 aromatic carbocycles. The summed E-state index contributed by atoms with van der Waals surface area (Å²) in [5.74, 6) is 0.383. The first-order chi connectivity index (χ1) is 15.0. The second kappa shape index (κ2) is 7.77. The molecular formula is C23H24FN5O2. The third kappa shape index (κ3) is 3.67. The molecule has 1 aliphatic heterocycles. The Hall–Kier alpha value is -3.26. The van der Waals surface area contributed by atoms with Gasteiger partial charge in [0.05, 0.1) is 11.3 Å². The Morgan fingerprint density at radius 2 is 1.97 bits per heavy atom. The minimum Gasteiger partial charge on any atom is -0.403 e. The maximum absolute atomic E-state index is 14.2. The van der Waals surface area contributed by atoms with E-state index in [4.69, 9.17) is 4.42 Å². The average molecular weight is 421 g/mol. The Bertz CT molecular complexity index is 1330. The Morgan fingerprint density at radius 1 is 1.10 bits per heavy atom. The monoisotopic (exact) mass is 421 g/mol. The lowest BCUT2D eigenvalue weighted by Crippen LogP contribution is -2.31. The summed E-state index contributed by atoms with van der Waals surface area (Å²) < 4.78 is 21.4. The average Bonchev–Trinajstić information content (AvgIpc) is 3.02. The highest BCUT2D eigenvalue weighted by atomic mass is 19.1. The molecule has 4 aromatic rings. The van der Waals surface area contributed by atoms with Gasteiger partial charge >= 0.3 is 5.63 Å². The van der Waals surface area contributed by atoms with Crippen molar-refractivity contribution >= 4 is 22.6 Å². The molecule has 7 nitrogen and oxygen atoms in total. The molecular weight excluding hydrogens is 397 g/mol. The van der Waals surface area contributed by atoms with Gasteiger partial charge in [0.2, 0.25) is 5.71 Å². The number of rotatable bonds is 3. The molecule has 160 valence electrons. The molecule has 31 heavy (non-hydrogen) atoms. The zero-order valence-electron chi connectivity index (χ0n) is 17.6. The highest BCUT2D eigenvalue weighted by Crippen LogP contribution is 2.24. The minimum atomic E-state index is -0.536. The van der Waals surface area contributed by atoms with Gasteiger partial charge in [0.15, 0.2) is 11.5 Å². The van der Waals surface area contributed by atoms with Crippen molar-refractivity contribution in [2.24, 2.45) is 0 Å². The fourth-order valence-corrected chi connectivity index (χ4v) is 4.18. The van der Waals surface area contributed by atoms with Gasteiger partial charge in [0, 0.05) is 37.4 Å². The molecule has 4 aromatic heterocycles. The Balaban J connectivity index is 1.51. The molecule has 5 heterocycles. The van der Waals surface area contributed by atoms with Crippen molar-refractivity contribution in [3.63, 3.8) is 0 Å². The van der Waals surface area contributed by atoms with E-state index in [1.54, 1.807) is 29.8 Å². The van der Waals surface area contributed by atoms with Crippen LogP contribution in [0.4, 0.5) is 10.2 Å². The van der Waals surface area contributed by atoms with Gasteiger partial charge in [-0.1, -0.05) is 6.92 Å². The zero-order valence-corrected chi connectivity index (χ0v) is 17.6. The lowest BCUT2D eigenvalue weighted by Gasteiger charge is -2.22. The molecule has 0 spiro atoms. The van der Waals surface area contributed by atoms with Crippen molar-refractivity contribution in [3.05, 3.63) is 58.5 Å². The Kier molecular flexibility index (Phi) is 4.94. The van der Waals surface area contributed by atoms with Crippen LogP contribution in [0, 0.1) is 12.7 Å². The summed E-state index contributed by atoms with van der Waals surface area (Å²) in [6, 6.07) is 7.00. The molecule has 0 radical (unpaired) electrons. The van der Waals surface area contributed by atoms with Crippen molar-refractivity contribution in [2.75, 3.05) is 37.6 Å². The number of halogens is 1. The van der Waals surface area contributed by atoms with Crippen LogP contribution in [0.5, 0.6) is 0 Å². The van der Waals surface area contributed by atoms with E-state index in [0.717, 1.165) is 50.5 Å². The predicted molar refractivity (Wildman–Crippen MR) is 118 cm³/mol. The van der Waals surface area contributed by atoms with Crippen molar-refractivity contribution in [1.29, 1.82) is 0 Å². The normalized spacial score (nSPS) is 15.6. The van der Waals surface area contributed by atoms with Crippen LogP contribution in [0.25, 0.3) is 28.0 Å². The van der Waals surface area contributed by atoms with Gasteiger partial charge in [-0.15, -0.1) is 0 Å². The lowest BCUT2D eigenvalue weighted by molar-refractivity contribution is 0.310. The van der Waals surface area contributed by atoms with Crippen LogP contribution < -0.4 is 10.5 Å². The van der Waals surface area contributed by atoms with Crippen LogP contribution in [0.2, 0.25) is 0 Å². The summed E-state index contributed by atoms with van der Waals surface area (Å²) in [4.78, 5) is 26.3. The molecule has 1 aliphatic rings. The largest absolute Gasteiger partial charge is 0.403 e. The molecule has 0 unspecified atom stereocenters. The van der Waals surface area contributed by atoms with Gasteiger partial charge in [-0.25, -0.2) is 14.2 Å². The Morgan fingerprint density at radius 3 is 2.81 bits per heavy atom. The molecule has 0 N–H and O–H groups in total. The van der Waals surface area contributed by atoms with Gasteiger partial charge in [0.1, 0.15) is 5.82 Å². The van der Waals surface area contributed by atoms with E-state index in [9.17, 15) is 9.18 Å². The van der Waals surface area contributed by atoms with E-state index in [0.29, 0.717) is 16.8 Å². The summed E-state index contributed by atoms with van der Waals surface area (Å²) >= 11 is 0. The van der Waals surface area contributed by atoms with Gasteiger partial charge in [0.25, 0.3) is 0 Å². The number of likely N-dealkylation sites (N-methyl/N-ethyl adjacent to an activating group) is 1. The van der Waals surface area contributed by atoms with E-state index in [1.807, 2.05) is 12.1 Å². The van der Waals surface area contributed by atoms with Crippen molar-refractivity contribution in [3.8, 4) is 11.3 Å². The number of pyridine rings is 2. The molecule has 0 saturated carbocycles. The van der Waals surface area contributed by atoms with E-state index >= 15 is 0 Å². The van der Waals surface area contributed by atoms with Gasteiger partial charge in [-0.2, -0.15) is 4.98 Å². The summed E-state index contributed by atoms with van der Waals surface area (Å²) in [7, 11) is 0. The number of hydrogen-bond acceptors (Lipinski definition) is 6. The van der Waals surface area contributed by atoms with Crippen LogP contribution in [0.1, 0.15) is 18.9 Å². The highest BCUT2D eigenvalue weighted by molar-refractivity contribution is 5.80. The highest BCUT2D eigenvalue weighted by Gasteiger charge is 2.18. The summed E-state index contributed by atoms with van der Waals surface area (Å²) in [5, 5.41) is 0.706. The third-order valence-corrected chi connectivity index (χ3v) is 5.86. The molecule has 0 atom stereocenters. The number of anilines is 1. The minimum absolute atomic E-state index is 0.177. The summed E-state index contributed by atoms with van der Waals surface area (Å²) in [6.45, 7) is 8.91. The number of nitrogens with zero attached hydrogens (tertiary/aromatic N) is 5. The number of aryl methyl sites for hydroxylation is 1. The first-order valence-corrected chi connectivity index (χ1v) is 10.6. The van der Waals surface area contributed by atoms with Crippen molar-refractivity contribution in [2.45, 2.75) is 20.3 Å². The maximum atomic E-state index is 14.2.